The van der Waals surface area contributed by atoms with E-state index >= 15 is 0 Å². The summed E-state index contributed by atoms with van der Waals surface area (Å²) in [5.41, 5.74) is 3.54. The van der Waals surface area contributed by atoms with Gasteiger partial charge in [0.25, 0.3) is 0 Å². The largest absolute Gasteiger partial charge is 0.573 e. The number of rotatable bonds is 4. The number of nitrogens with zero attached hydrogens (tertiary/aromatic N) is 2. The van der Waals surface area contributed by atoms with Crippen LogP contribution >= 0.6 is 33.9 Å². The van der Waals surface area contributed by atoms with Crippen molar-refractivity contribution < 1.29 is 23.0 Å². The molecule has 0 bridgehead atoms. The molecule has 0 saturated heterocycles. The molecule has 0 aliphatic heterocycles. The fourth-order valence-corrected chi connectivity index (χ4v) is 2.70. The summed E-state index contributed by atoms with van der Waals surface area (Å²) in [6.45, 7) is 1.82. The predicted octanol–water partition coefficient (Wildman–Crippen LogP) is 4.11. The van der Waals surface area contributed by atoms with Crippen molar-refractivity contribution in [3.05, 3.63) is 32.3 Å². The van der Waals surface area contributed by atoms with E-state index in [0.29, 0.717) is 5.13 Å². The molecule has 1 aromatic heterocycles. The van der Waals surface area contributed by atoms with Crippen LogP contribution in [0.1, 0.15) is 11.3 Å². The van der Waals surface area contributed by atoms with Crippen LogP contribution < -0.4 is 10.2 Å². The second-order valence-electron chi connectivity index (χ2n) is 4.05. The van der Waals surface area contributed by atoms with E-state index in [1.54, 1.807) is 22.6 Å². The minimum absolute atomic E-state index is 0.0897. The van der Waals surface area contributed by atoms with Crippen molar-refractivity contribution in [2.45, 2.75) is 13.3 Å². The van der Waals surface area contributed by atoms with Crippen LogP contribution in [0.5, 0.6) is 11.5 Å². The van der Waals surface area contributed by atoms with Crippen LogP contribution in [-0.4, -0.2) is 22.7 Å². The number of alkyl halides is 3. The molecule has 0 aliphatic carbocycles. The summed E-state index contributed by atoms with van der Waals surface area (Å²) < 4.78 is 40.8. The van der Waals surface area contributed by atoms with Crippen molar-refractivity contribution in [1.82, 2.24) is 4.98 Å². The highest BCUT2D eigenvalue weighted by Crippen LogP contribution is 2.31. The SMILES string of the molecule is Cc1csc(NN=Cc2cc(OC(F)(F)F)cc(I)c2O)n1. The molecular weight excluding hydrogens is 434 g/mol. The lowest BCUT2D eigenvalue weighted by molar-refractivity contribution is -0.274. The van der Waals surface area contributed by atoms with Crippen LogP contribution in [0.2, 0.25) is 0 Å². The minimum atomic E-state index is -4.80. The molecule has 0 atom stereocenters. The Morgan fingerprint density at radius 2 is 2.18 bits per heavy atom. The van der Waals surface area contributed by atoms with Crippen LogP contribution in [0.25, 0.3) is 0 Å². The van der Waals surface area contributed by atoms with E-state index in [1.165, 1.54) is 17.6 Å². The van der Waals surface area contributed by atoms with Gasteiger partial charge in [0.2, 0.25) is 5.13 Å². The number of phenolic OH excluding ortho intramolecular Hbond substituents is 1. The molecule has 0 spiro atoms. The number of ether oxygens (including phenoxy) is 1. The summed E-state index contributed by atoms with van der Waals surface area (Å²) in [5, 5.41) is 16.0. The maximum absolute atomic E-state index is 12.2. The molecule has 0 fully saturated rings. The molecular formula is C12H9F3IN3O2S. The zero-order chi connectivity index (χ0) is 16.3. The zero-order valence-corrected chi connectivity index (χ0v) is 14.0. The number of aromatic hydroxyl groups is 1. The van der Waals surface area contributed by atoms with E-state index in [-0.39, 0.29) is 14.9 Å². The average Bonchev–Trinajstić information content (AvgIpc) is 2.79. The number of anilines is 1. The van der Waals surface area contributed by atoms with E-state index in [9.17, 15) is 18.3 Å². The molecule has 5 nitrogen and oxygen atoms in total. The third kappa shape index (κ3) is 4.73. The Balaban J connectivity index is 2.18. The Kier molecular flexibility index (Phi) is 5.11. The number of phenols is 1. The number of halogens is 4. The quantitative estimate of drug-likeness (QED) is 0.424. The average molecular weight is 443 g/mol. The molecule has 0 unspecified atom stereocenters. The highest BCUT2D eigenvalue weighted by molar-refractivity contribution is 14.1. The number of benzene rings is 1. The Morgan fingerprint density at radius 1 is 1.45 bits per heavy atom. The van der Waals surface area contributed by atoms with Crippen molar-refractivity contribution in [2.75, 3.05) is 5.43 Å². The van der Waals surface area contributed by atoms with Gasteiger partial charge in [-0.3, -0.25) is 5.43 Å². The van der Waals surface area contributed by atoms with E-state index in [1.807, 2.05) is 12.3 Å². The molecule has 0 aliphatic rings. The van der Waals surface area contributed by atoms with Gasteiger partial charge in [0.15, 0.2) is 0 Å². The molecule has 0 radical (unpaired) electrons. The van der Waals surface area contributed by atoms with E-state index < -0.39 is 12.1 Å². The Bertz CT molecular complexity index is 703. The van der Waals surface area contributed by atoms with Crippen molar-refractivity contribution in [1.29, 1.82) is 0 Å². The van der Waals surface area contributed by atoms with E-state index in [4.69, 9.17) is 0 Å². The summed E-state index contributed by atoms with van der Waals surface area (Å²) >= 11 is 3.03. The Hall–Kier alpha value is -1.56. The lowest BCUT2D eigenvalue weighted by Gasteiger charge is -2.11. The molecule has 1 heterocycles. The van der Waals surface area contributed by atoms with Gasteiger partial charge in [-0.15, -0.1) is 24.5 Å². The van der Waals surface area contributed by atoms with Gasteiger partial charge >= 0.3 is 6.36 Å². The summed E-state index contributed by atoms with van der Waals surface area (Å²) in [6, 6.07) is 2.13. The molecule has 0 amide bonds. The monoisotopic (exact) mass is 443 g/mol. The fourth-order valence-electron chi connectivity index (χ4n) is 1.45. The van der Waals surface area contributed by atoms with Crippen LogP contribution in [0, 0.1) is 10.5 Å². The van der Waals surface area contributed by atoms with E-state index in [2.05, 4.69) is 20.2 Å². The first-order valence-corrected chi connectivity index (χ1v) is 7.70. The summed E-state index contributed by atoms with van der Waals surface area (Å²) in [4.78, 5) is 4.10. The van der Waals surface area contributed by atoms with Crippen molar-refractivity contribution in [2.24, 2.45) is 5.10 Å². The third-order valence-corrected chi connectivity index (χ3v) is 3.97. The lowest BCUT2D eigenvalue weighted by Crippen LogP contribution is -2.17. The van der Waals surface area contributed by atoms with Gasteiger partial charge in [0.1, 0.15) is 11.5 Å². The normalized spacial score (nSPS) is 11.9. The van der Waals surface area contributed by atoms with Gasteiger partial charge in [0, 0.05) is 10.9 Å². The molecule has 2 N–H and O–H groups in total. The maximum Gasteiger partial charge on any atom is 0.573 e. The molecule has 2 aromatic rings. The van der Waals surface area contributed by atoms with Gasteiger partial charge in [-0.2, -0.15) is 5.10 Å². The first kappa shape index (κ1) is 16.8. The van der Waals surface area contributed by atoms with Gasteiger partial charge in [0.05, 0.1) is 15.5 Å². The highest BCUT2D eigenvalue weighted by atomic mass is 127. The molecule has 118 valence electrons. The topological polar surface area (TPSA) is 66.7 Å². The molecule has 0 saturated carbocycles. The summed E-state index contributed by atoms with van der Waals surface area (Å²) in [7, 11) is 0. The summed E-state index contributed by atoms with van der Waals surface area (Å²) in [5.74, 6) is -0.614. The molecule has 2 rings (SSSR count). The second kappa shape index (κ2) is 6.69. The third-order valence-electron chi connectivity index (χ3n) is 2.28. The van der Waals surface area contributed by atoms with Gasteiger partial charge in [-0.1, -0.05) is 0 Å². The van der Waals surface area contributed by atoms with Crippen LogP contribution in [0.4, 0.5) is 18.3 Å². The predicted molar refractivity (Wildman–Crippen MR) is 85.6 cm³/mol. The number of thiazole rings is 1. The van der Waals surface area contributed by atoms with Gasteiger partial charge in [-0.25, -0.2) is 4.98 Å². The van der Waals surface area contributed by atoms with Crippen molar-refractivity contribution in [3.63, 3.8) is 0 Å². The maximum atomic E-state index is 12.2. The van der Waals surface area contributed by atoms with Crippen LogP contribution in [0.15, 0.2) is 22.6 Å². The Morgan fingerprint density at radius 3 is 2.77 bits per heavy atom. The first-order valence-electron chi connectivity index (χ1n) is 5.74. The van der Waals surface area contributed by atoms with Crippen LogP contribution in [-0.2, 0) is 0 Å². The van der Waals surface area contributed by atoms with Crippen LogP contribution in [0.3, 0.4) is 0 Å². The second-order valence-corrected chi connectivity index (χ2v) is 6.08. The first-order chi connectivity index (χ1) is 10.2. The molecule has 10 heteroatoms. The number of nitrogens with one attached hydrogen (secondary N) is 1. The highest BCUT2D eigenvalue weighted by Gasteiger charge is 2.31. The van der Waals surface area contributed by atoms with Crippen molar-refractivity contribution >= 4 is 45.3 Å². The van der Waals surface area contributed by atoms with E-state index in [0.717, 1.165) is 17.8 Å². The smallest absolute Gasteiger partial charge is 0.506 e. The number of hydrogen-bond acceptors (Lipinski definition) is 6. The zero-order valence-electron chi connectivity index (χ0n) is 11.0. The van der Waals surface area contributed by atoms with Gasteiger partial charge < -0.3 is 9.84 Å². The molecule has 22 heavy (non-hydrogen) atoms. The fraction of sp³-hybridized carbons (Fsp3) is 0.167. The van der Waals surface area contributed by atoms with Crippen molar-refractivity contribution in [3.8, 4) is 11.5 Å². The number of hydrazone groups is 1. The number of aromatic nitrogens is 1. The summed E-state index contributed by atoms with van der Waals surface area (Å²) in [6.07, 6.45) is -3.61. The standard InChI is InChI=1S/C12H9F3IN3O2S/c1-6-5-22-11(18-6)19-17-4-7-2-8(21-12(13,14)15)3-9(16)10(7)20/h2-5,20H,1H3,(H,18,19). The Labute approximate surface area is 141 Å². The van der Waals surface area contributed by atoms with Gasteiger partial charge in [-0.05, 0) is 41.6 Å². The lowest BCUT2D eigenvalue weighted by atomic mass is 10.2. The molecule has 1 aromatic carbocycles. The number of aryl methyl sites for hydroxylation is 1. The number of hydrogen-bond donors (Lipinski definition) is 2. The minimum Gasteiger partial charge on any atom is -0.506 e.